The topological polar surface area (TPSA) is 33.1 Å². The lowest BCUT2D eigenvalue weighted by atomic mass is 9.73. The molecule has 0 saturated heterocycles. The number of benzene rings is 2. The zero-order valence-electron chi connectivity index (χ0n) is 11.0. The fraction of sp³-hybridized carbons (Fsp3) is 0.167. The van der Waals surface area contributed by atoms with E-state index in [1.54, 1.807) is 6.20 Å². The molecule has 1 aliphatic carbocycles. The first-order valence-corrected chi connectivity index (χ1v) is 6.94. The predicted molar refractivity (Wildman–Crippen MR) is 79.6 cm³/mol. The highest BCUT2D eigenvalue weighted by atomic mass is 16.3. The van der Waals surface area contributed by atoms with Crippen LogP contribution < -0.4 is 0 Å². The minimum atomic E-state index is -0.483. The Balaban J connectivity index is 1.77. The van der Waals surface area contributed by atoms with Crippen LogP contribution >= 0.6 is 0 Å². The van der Waals surface area contributed by atoms with E-state index in [0.717, 1.165) is 22.9 Å². The Kier molecular flexibility index (Phi) is 2.57. The van der Waals surface area contributed by atoms with E-state index in [1.165, 1.54) is 11.1 Å². The standard InChI is InChI=1S/C18H15NO/c20-18(16-11-13-5-1-2-8-14(13)16)15-9-3-6-12-7-4-10-19-17(12)15/h1-10,16,18,20H,11H2. The highest BCUT2D eigenvalue weighted by molar-refractivity contribution is 5.82. The second-order valence-electron chi connectivity index (χ2n) is 5.38. The summed E-state index contributed by atoms with van der Waals surface area (Å²) in [6, 6.07) is 18.3. The summed E-state index contributed by atoms with van der Waals surface area (Å²) in [7, 11) is 0. The number of fused-ring (bicyclic) bond motifs is 2. The summed E-state index contributed by atoms with van der Waals surface area (Å²) in [6.45, 7) is 0. The van der Waals surface area contributed by atoms with Crippen LogP contribution in [0.2, 0.25) is 0 Å². The summed E-state index contributed by atoms with van der Waals surface area (Å²) in [6.07, 6.45) is 2.25. The normalized spacial score (nSPS) is 18.4. The number of hydrogen-bond acceptors (Lipinski definition) is 2. The molecule has 1 heterocycles. The van der Waals surface area contributed by atoms with Crippen LogP contribution in [-0.4, -0.2) is 10.1 Å². The van der Waals surface area contributed by atoms with Crippen LogP contribution in [0.3, 0.4) is 0 Å². The van der Waals surface area contributed by atoms with Crippen LogP contribution in [0, 0.1) is 0 Å². The van der Waals surface area contributed by atoms with E-state index < -0.39 is 6.10 Å². The molecule has 2 aromatic carbocycles. The van der Waals surface area contributed by atoms with Crippen molar-refractivity contribution in [2.75, 3.05) is 0 Å². The summed E-state index contributed by atoms with van der Waals surface area (Å²) in [5.74, 6) is 0.193. The number of pyridine rings is 1. The van der Waals surface area contributed by atoms with Gasteiger partial charge in [0.25, 0.3) is 0 Å². The highest BCUT2D eigenvalue weighted by Crippen LogP contribution is 2.44. The largest absolute Gasteiger partial charge is 0.388 e. The fourth-order valence-electron chi connectivity index (χ4n) is 3.16. The molecule has 0 radical (unpaired) electrons. The second-order valence-corrected chi connectivity index (χ2v) is 5.38. The van der Waals surface area contributed by atoms with Crippen molar-refractivity contribution in [3.8, 4) is 0 Å². The smallest absolute Gasteiger partial charge is 0.0882 e. The minimum Gasteiger partial charge on any atom is -0.388 e. The monoisotopic (exact) mass is 261 g/mol. The Morgan fingerprint density at radius 1 is 1.00 bits per heavy atom. The van der Waals surface area contributed by atoms with Crippen LogP contribution in [-0.2, 0) is 6.42 Å². The van der Waals surface area contributed by atoms with Gasteiger partial charge >= 0.3 is 0 Å². The third kappa shape index (κ3) is 1.65. The van der Waals surface area contributed by atoms with Gasteiger partial charge in [0.05, 0.1) is 11.6 Å². The minimum absolute atomic E-state index is 0.193. The maximum absolute atomic E-state index is 10.7. The van der Waals surface area contributed by atoms with Gasteiger partial charge in [-0.05, 0) is 23.6 Å². The van der Waals surface area contributed by atoms with E-state index in [2.05, 4.69) is 23.2 Å². The molecule has 2 unspecified atom stereocenters. The average Bonchev–Trinajstić information content (AvgIpc) is 2.48. The molecule has 0 aliphatic heterocycles. The Morgan fingerprint density at radius 2 is 1.85 bits per heavy atom. The number of hydrogen-bond donors (Lipinski definition) is 1. The lowest BCUT2D eigenvalue weighted by Crippen LogP contribution is -2.23. The third-order valence-corrected chi connectivity index (χ3v) is 4.26. The molecule has 3 aromatic rings. The molecular formula is C18H15NO. The molecule has 1 N–H and O–H groups in total. The predicted octanol–water partition coefficient (Wildman–Crippen LogP) is 3.61. The fourth-order valence-corrected chi connectivity index (χ4v) is 3.16. The van der Waals surface area contributed by atoms with Gasteiger partial charge in [0.15, 0.2) is 0 Å². The molecule has 98 valence electrons. The number of para-hydroxylation sites is 1. The van der Waals surface area contributed by atoms with E-state index in [-0.39, 0.29) is 5.92 Å². The van der Waals surface area contributed by atoms with Crippen molar-refractivity contribution in [1.82, 2.24) is 4.98 Å². The first kappa shape index (κ1) is 11.6. The molecule has 2 heteroatoms. The molecule has 20 heavy (non-hydrogen) atoms. The van der Waals surface area contributed by atoms with Crippen molar-refractivity contribution < 1.29 is 5.11 Å². The van der Waals surface area contributed by atoms with E-state index in [9.17, 15) is 5.11 Å². The zero-order valence-corrected chi connectivity index (χ0v) is 11.0. The van der Waals surface area contributed by atoms with Crippen molar-refractivity contribution in [1.29, 1.82) is 0 Å². The summed E-state index contributed by atoms with van der Waals surface area (Å²) in [4.78, 5) is 4.44. The van der Waals surface area contributed by atoms with Gasteiger partial charge in [-0.25, -0.2) is 0 Å². The molecule has 1 aliphatic rings. The number of rotatable bonds is 2. The molecule has 2 atom stereocenters. The SMILES string of the molecule is OC(c1cccc2cccnc12)C1Cc2ccccc21. The van der Waals surface area contributed by atoms with Gasteiger partial charge in [0.1, 0.15) is 0 Å². The molecule has 0 saturated carbocycles. The lowest BCUT2D eigenvalue weighted by molar-refractivity contribution is 0.136. The van der Waals surface area contributed by atoms with E-state index in [1.807, 2.05) is 36.4 Å². The molecule has 4 rings (SSSR count). The van der Waals surface area contributed by atoms with Gasteiger partial charge in [-0.3, -0.25) is 4.98 Å². The van der Waals surface area contributed by atoms with Gasteiger partial charge < -0.3 is 5.11 Å². The number of aliphatic hydroxyl groups is 1. The Labute approximate surface area is 117 Å². The van der Waals surface area contributed by atoms with Crippen molar-refractivity contribution in [2.45, 2.75) is 18.4 Å². The van der Waals surface area contributed by atoms with Crippen molar-refractivity contribution >= 4 is 10.9 Å². The molecule has 0 spiro atoms. The summed E-state index contributed by atoms with van der Waals surface area (Å²) in [5, 5.41) is 11.8. The van der Waals surface area contributed by atoms with E-state index in [0.29, 0.717) is 0 Å². The van der Waals surface area contributed by atoms with Crippen LogP contribution in [0.4, 0.5) is 0 Å². The Hall–Kier alpha value is -2.19. The van der Waals surface area contributed by atoms with Crippen LogP contribution in [0.25, 0.3) is 10.9 Å². The average molecular weight is 261 g/mol. The first-order valence-electron chi connectivity index (χ1n) is 6.94. The summed E-state index contributed by atoms with van der Waals surface area (Å²) < 4.78 is 0. The Morgan fingerprint density at radius 3 is 2.75 bits per heavy atom. The van der Waals surface area contributed by atoms with Gasteiger partial charge in [-0.15, -0.1) is 0 Å². The summed E-state index contributed by atoms with van der Waals surface area (Å²) >= 11 is 0. The van der Waals surface area contributed by atoms with Gasteiger partial charge in [-0.2, -0.15) is 0 Å². The van der Waals surface area contributed by atoms with E-state index in [4.69, 9.17) is 0 Å². The van der Waals surface area contributed by atoms with Crippen LogP contribution in [0.1, 0.15) is 28.7 Å². The van der Waals surface area contributed by atoms with Gasteiger partial charge in [-0.1, -0.05) is 48.5 Å². The third-order valence-electron chi connectivity index (χ3n) is 4.26. The molecule has 0 amide bonds. The second kappa shape index (κ2) is 4.43. The number of aliphatic hydroxyl groups excluding tert-OH is 1. The lowest BCUT2D eigenvalue weighted by Gasteiger charge is -2.34. The zero-order chi connectivity index (χ0) is 13.5. The van der Waals surface area contributed by atoms with Crippen LogP contribution in [0.5, 0.6) is 0 Å². The first-order chi connectivity index (χ1) is 9.84. The molecule has 0 bridgehead atoms. The summed E-state index contributed by atoms with van der Waals surface area (Å²) in [5.41, 5.74) is 4.46. The quantitative estimate of drug-likeness (QED) is 0.764. The molecular weight excluding hydrogens is 246 g/mol. The number of aromatic nitrogens is 1. The van der Waals surface area contributed by atoms with Crippen molar-refractivity contribution in [3.63, 3.8) is 0 Å². The number of nitrogens with zero attached hydrogens (tertiary/aromatic N) is 1. The molecule has 1 aromatic heterocycles. The molecule has 2 nitrogen and oxygen atoms in total. The maximum atomic E-state index is 10.7. The van der Waals surface area contributed by atoms with Crippen molar-refractivity contribution in [2.24, 2.45) is 0 Å². The van der Waals surface area contributed by atoms with Gasteiger partial charge in [0.2, 0.25) is 0 Å². The van der Waals surface area contributed by atoms with E-state index >= 15 is 0 Å². The Bertz CT molecular complexity index is 776. The maximum Gasteiger partial charge on any atom is 0.0882 e. The molecule has 0 fully saturated rings. The van der Waals surface area contributed by atoms with Crippen LogP contribution in [0.15, 0.2) is 60.8 Å². The van der Waals surface area contributed by atoms with Gasteiger partial charge in [0, 0.05) is 23.1 Å². The highest BCUT2D eigenvalue weighted by Gasteiger charge is 2.33. The van der Waals surface area contributed by atoms with Crippen molar-refractivity contribution in [3.05, 3.63) is 77.5 Å².